The summed E-state index contributed by atoms with van der Waals surface area (Å²) in [6.45, 7) is 5.00. The smallest absolute Gasteiger partial charge is 0.239 e. The molecule has 1 saturated heterocycles. The number of rotatable bonds is 4. The molecule has 1 aliphatic carbocycles. The molecule has 106 valence electrons. The Morgan fingerprint density at radius 1 is 1.32 bits per heavy atom. The standard InChI is InChI=1S/C15H24N2O2/c1-2-9-16-13(18)11-17-12-15(10-14(17)19)7-5-3-4-6-8-15/h2H,1,3-12H2,(H,16,18). The van der Waals surface area contributed by atoms with Crippen LogP contribution in [-0.2, 0) is 9.59 Å². The maximum absolute atomic E-state index is 12.1. The SMILES string of the molecule is C=CCNC(=O)CN1CC2(CCCCCC2)CC1=O. The molecule has 2 rings (SSSR count). The Morgan fingerprint density at radius 2 is 2.00 bits per heavy atom. The molecule has 0 aromatic rings. The normalized spacial score (nSPS) is 22.3. The third-order valence-corrected chi connectivity index (χ3v) is 4.35. The minimum Gasteiger partial charge on any atom is -0.351 e. The molecule has 0 unspecified atom stereocenters. The van der Waals surface area contributed by atoms with Gasteiger partial charge in [0.15, 0.2) is 0 Å². The third kappa shape index (κ3) is 3.58. The zero-order chi connectivity index (χ0) is 13.7. The van der Waals surface area contributed by atoms with Crippen molar-refractivity contribution in [2.75, 3.05) is 19.6 Å². The van der Waals surface area contributed by atoms with Crippen LogP contribution in [0.25, 0.3) is 0 Å². The van der Waals surface area contributed by atoms with Gasteiger partial charge in [-0.3, -0.25) is 9.59 Å². The average Bonchev–Trinajstić information content (AvgIpc) is 2.55. The van der Waals surface area contributed by atoms with E-state index in [2.05, 4.69) is 11.9 Å². The molecule has 2 aliphatic rings. The summed E-state index contributed by atoms with van der Waals surface area (Å²) in [5.74, 6) is 0.0644. The molecule has 0 atom stereocenters. The van der Waals surface area contributed by atoms with Gasteiger partial charge in [0, 0.05) is 19.5 Å². The van der Waals surface area contributed by atoms with Crippen LogP contribution in [0.4, 0.5) is 0 Å². The van der Waals surface area contributed by atoms with Crippen LogP contribution in [-0.4, -0.2) is 36.3 Å². The highest BCUT2D eigenvalue weighted by molar-refractivity contribution is 5.86. The molecule has 19 heavy (non-hydrogen) atoms. The first-order valence-electron chi connectivity index (χ1n) is 7.31. The Morgan fingerprint density at radius 3 is 2.63 bits per heavy atom. The summed E-state index contributed by atoms with van der Waals surface area (Å²) in [6.07, 6.45) is 9.60. The largest absolute Gasteiger partial charge is 0.351 e. The van der Waals surface area contributed by atoms with Gasteiger partial charge in [0.1, 0.15) is 0 Å². The first kappa shape index (κ1) is 14.1. The molecule has 0 aromatic heterocycles. The summed E-state index contributed by atoms with van der Waals surface area (Å²) in [5, 5.41) is 2.73. The minimum absolute atomic E-state index is 0.0843. The van der Waals surface area contributed by atoms with Crippen molar-refractivity contribution in [1.82, 2.24) is 10.2 Å². The monoisotopic (exact) mass is 264 g/mol. The van der Waals surface area contributed by atoms with Gasteiger partial charge in [-0.1, -0.05) is 31.8 Å². The van der Waals surface area contributed by atoms with E-state index in [9.17, 15) is 9.59 Å². The Labute approximate surface area is 115 Å². The number of likely N-dealkylation sites (tertiary alicyclic amines) is 1. The Bertz CT molecular complexity index is 357. The third-order valence-electron chi connectivity index (χ3n) is 4.35. The van der Waals surface area contributed by atoms with Crippen LogP contribution in [0.3, 0.4) is 0 Å². The van der Waals surface area contributed by atoms with Crippen molar-refractivity contribution < 1.29 is 9.59 Å². The van der Waals surface area contributed by atoms with Gasteiger partial charge in [-0.05, 0) is 18.3 Å². The highest BCUT2D eigenvalue weighted by Crippen LogP contribution is 2.43. The summed E-state index contributed by atoms with van der Waals surface area (Å²) < 4.78 is 0. The topological polar surface area (TPSA) is 49.4 Å². The lowest BCUT2D eigenvalue weighted by atomic mass is 9.80. The molecule has 1 saturated carbocycles. The van der Waals surface area contributed by atoms with E-state index >= 15 is 0 Å². The summed E-state index contributed by atoms with van der Waals surface area (Å²) in [7, 11) is 0. The maximum Gasteiger partial charge on any atom is 0.239 e. The average molecular weight is 264 g/mol. The molecule has 4 nitrogen and oxygen atoms in total. The molecule has 0 radical (unpaired) electrons. The van der Waals surface area contributed by atoms with Crippen molar-refractivity contribution in [2.24, 2.45) is 5.41 Å². The Kier molecular flexibility index (Phi) is 4.61. The van der Waals surface area contributed by atoms with Crippen LogP contribution < -0.4 is 5.32 Å². The Hall–Kier alpha value is -1.32. The number of hydrogen-bond acceptors (Lipinski definition) is 2. The predicted molar refractivity (Wildman–Crippen MR) is 74.5 cm³/mol. The molecular formula is C15H24N2O2. The summed E-state index contributed by atoms with van der Waals surface area (Å²) in [6, 6.07) is 0. The molecule has 2 amide bonds. The van der Waals surface area contributed by atoms with Crippen LogP contribution in [0.5, 0.6) is 0 Å². The van der Waals surface area contributed by atoms with Crippen molar-refractivity contribution in [3.63, 3.8) is 0 Å². The molecule has 1 N–H and O–H groups in total. The van der Waals surface area contributed by atoms with E-state index < -0.39 is 0 Å². The minimum atomic E-state index is -0.0843. The van der Waals surface area contributed by atoms with Crippen LogP contribution in [0.15, 0.2) is 12.7 Å². The summed E-state index contributed by atoms with van der Waals surface area (Å²) in [5.41, 5.74) is 0.159. The van der Waals surface area contributed by atoms with E-state index in [0.29, 0.717) is 13.0 Å². The first-order valence-corrected chi connectivity index (χ1v) is 7.31. The molecule has 1 aliphatic heterocycles. The van der Waals surface area contributed by atoms with Crippen molar-refractivity contribution in [3.05, 3.63) is 12.7 Å². The highest BCUT2D eigenvalue weighted by atomic mass is 16.2. The molecule has 1 heterocycles. The van der Waals surface area contributed by atoms with E-state index in [1.54, 1.807) is 11.0 Å². The van der Waals surface area contributed by atoms with E-state index in [-0.39, 0.29) is 23.8 Å². The second-order valence-corrected chi connectivity index (χ2v) is 5.93. The van der Waals surface area contributed by atoms with Crippen LogP contribution in [0.1, 0.15) is 44.9 Å². The number of carbonyl (C=O) groups excluding carboxylic acids is 2. The zero-order valence-electron chi connectivity index (χ0n) is 11.6. The molecule has 0 bridgehead atoms. The number of amides is 2. The van der Waals surface area contributed by atoms with Gasteiger partial charge in [-0.2, -0.15) is 0 Å². The lowest BCUT2D eigenvalue weighted by Gasteiger charge is -2.26. The van der Waals surface area contributed by atoms with Crippen LogP contribution >= 0.6 is 0 Å². The molecule has 2 fully saturated rings. The lowest BCUT2D eigenvalue weighted by Crippen LogP contribution is -2.39. The Balaban J connectivity index is 1.91. The van der Waals surface area contributed by atoms with Gasteiger partial charge in [-0.25, -0.2) is 0 Å². The summed E-state index contributed by atoms with van der Waals surface area (Å²) >= 11 is 0. The quantitative estimate of drug-likeness (QED) is 0.788. The first-order chi connectivity index (χ1) is 9.15. The van der Waals surface area contributed by atoms with Crippen molar-refractivity contribution in [3.8, 4) is 0 Å². The molecular weight excluding hydrogens is 240 g/mol. The lowest BCUT2D eigenvalue weighted by molar-refractivity contribution is -0.133. The summed E-state index contributed by atoms with van der Waals surface area (Å²) in [4.78, 5) is 25.5. The fourth-order valence-electron chi connectivity index (χ4n) is 3.35. The van der Waals surface area contributed by atoms with Gasteiger partial charge in [0.25, 0.3) is 0 Å². The van der Waals surface area contributed by atoms with Gasteiger partial charge in [0.05, 0.1) is 6.54 Å². The highest BCUT2D eigenvalue weighted by Gasteiger charge is 2.43. The van der Waals surface area contributed by atoms with Gasteiger partial charge in [0.2, 0.25) is 11.8 Å². The van der Waals surface area contributed by atoms with E-state index in [0.717, 1.165) is 19.4 Å². The number of nitrogens with zero attached hydrogens (tertiary/aromatic N) is 1. The van der Waals surface area contributed by atoms with Crippen molar-refractivity contribution >= 4 is 11.8 Å². The second kappa shape index (κ2) is 6.22. The van der Waals surface area contributed by atoms with Crippen molar-refractivity contribution in [1.29, 1.82) is 0 Å². The van der Waals surface area contributed by atoms with Gasteiger partial charge >= 0.3 is 0 Å². The number of nitrogens with one attached hydrogen (secondary N) is 1. The van der Waals surface area contributed by atoms with E-state index in [4.69, 9.17) is 0 Å². The number of carbonyl (C=O) groups is 2. The van der Waals surface area contributed by atoms with Gasteiger partial charge in [-0.15, -0.1) is 6.58 Å². The zero-order valence-corrected chi connectivity index (χ0v) is 11.6. The van der Waals surface area contributed by atoms with Crippen LogP contribution in [0.2, 0.25) is 0 Å². The van der Waals surface area contributed by atoms with E-state index in [1.807, 2.05) is 0 Å². The molecule has 1 spiro atoms. The fraction of sp³-hybridized carbons (Fsp3) is 0.733. The predicted octanol–water partition coefficient (Wildman–Crippen LogP) is 1.86. The fourth-order valence-corrected chi connectivity index (χ4v) is 3.35. The van der Waals surface area contributed by atoms with E-state index in [1.165, 1.54) is 25.7 Å². The van der Waals surface area contributed by atoms with Crippen LogP contribution in [0, 0.1) is 5.41 Å². The van der Waals surface area contributed by atoms with Crippen molar-refractivity contribution in [2.45, 2.75) is 44.9 Å². The molecule has 4 heteroatoms. The maximum atomic E-state index is 12.1. The number of hydrogen-bond donors (Lipinski definition) is 1. The molecule has 0 aromatic carbocycles. The van der Waals surface area contributed by atoms with Gasteiger partial charge < -0.3 is 10.2 Å². The second-order valence-electron chi connectivity index (χ2n) is 5.93.